The number of carbonyl (C=O) groups excluding carboxylic acids is 1. The summed E-state index contributed by atoms with van der Waals surface area (Å²) in [7, 11) is 0. The maximum absolute atomic E-state index is 12.1. The predicted molar refractivity (Wildman–Crippen MR) is 85.7 cm³/mol. The highest BCUT2D eigenvalue weighted by molar-refractivity contribution is 7.16. The van der Waals surface area contributed by atoms with Gasteiger partial charge in [0.1, 0.15) is 4.88 Å². The highest BCUT2D eigenvalue weighted by Crippen LogP contribution is 2.21. The Labute approximate surface area is 133 Å². The SMILES string of the molecule is O=C(NCCC1CCCNC1)c1cnc(-c2ncccn2)s1. The van der Waals surface area contributed by atoms with E-state index >= 15 is 0 Å². The van der Waals surface area contributed by atoms with Gasteiger partial charge >= 0.3 is 0 Å². The zero-order valence-electron chi connectivity index (χ0n) is 12.3. The fourth-order valence-corrected chi connectivity index (χ4v) is 3.32. The van der Waals surface area contributed by atoms with E-state index in [0.717, 1.165) is 19.5 Å². The molecule has 1 saturated heterocycles. The molecule has 3 rings (SSSR count). The van der Waals surface area contributed by atoms with Gasteiger partial charge in [0.25, 0.3) is 5.91 Å². The Bertz CT molecular complexity index is 609. The molecule has 2 aromatic heterocycles. The normalized spacial score (nSPS) is 18.1. The van der Waals surface area contributed by atoms with Crippen LogP contribution >= 0.6 is 11.3 Å². The van der Waals surface area contributed by atoms with Crippen LogP contribution in [0.3, 0.4) is 0 Å². The van der Waals surface area contributed by atoms with Crippen molar-refractivity contribution in [2.24, 2.45) is 5.92 Å². The zero-order valence-corrected chi connectivity index (χ0v) is 13.1. The van der Waals surface area contributed by atoms with Gasteiger partial charge in [-0.3, -0.25) is 4.79 Å². The third-order valence-electron chi connectivity index (χ3n) is 3.72. The van der Waals surface area contributed by atoms with Crippen molar-refractivity contribution in [3.63, 3.8) is 0 Å². The summed E-state index contributed by atoms with van der Waals surface area (Å²) >= 11 is 1.32. The largest absolute Gasteiger partial charge is 0.351 e. The molecule has 1 unspecified atom stereocenters. The first kappa shape index (κ1) is 15.1. The maximum atomic E-state index is 12.1. The van der Waals surface area contributed by atoms with Gasteiger partial charge < -0.3 is 10.6 Å². The second kappa shape index (κ2) is 7.42. The number of piperidine rings is 1. The van der Waals surface area contributed by atoms with Crippen molar-refractivity contribution in [2.45, 2.75) is 19.3 Å². The second-order valence-corrected chi connectivity index (χ2v) is 6.39. The van der Waals surface area contributed by atoms with Crippen LogP contribution in [0.4, 0.5) is 0 Å². The minimum atomic E-state index is -0.0663. The van der Waals surface area contributed by atoms with E-state index in [1.54, 1.807) is 24.7 Å². The number of rotatable bonds is 5. The van der Waals surface area contributed by atoms with Gasteiger partial charge in [-0.25, -0.2) is 15.0 Å². The van der Waals surface area contributed by atoms with Crippen molar-refractivity contribution in [3.8, 4) is 10.8 Å². The van der Waals surface area contributed by atoms with E-state index in [0.29, 0.717) is 28.2 Å². The van der Waals surface area contributed by atoms with Gasteiger partial charge in [0.15, 0.2) is 10.8 Å². The topological polar surface area (TPSA) is 79.8 Å². The first-order chi connectivity index (χ1) is 10.8. The molecule has 7 heteroatoms. The van der Waals surface area contributed by atoms with E-state index in [4.69, 9.17) is 0 Å². The molecule has 1 amide bonds. The van der Waals surface area contributed by atoms with Crippen LogP contribution in [0.5, 0.6) is 0 Å². The molecule has 0 aliphatic carbocycles. The van der Waals surface area contributed by atoms with Crippen LogP contribution in [0.2, 0.25) is 0 Å². The van der Waals surface area contributed by atoms with Crippen LogP contribution in [0, 0.1) is 5.92 Å². The van der Waals surface area contributed by atoms with Gasteiger partial charge in [0, 0.05) is 18.9 Å². The zero-order chi connectivity index (χ0) is 15.2. The molecule has 116 valence electrons. The maximum Gasteiger partial charge on any atom is 0.263 e. The van der Waals surface area contributed by atoms with E-state index in [1.807, 2.05) is 0 Å². The number of hydrogen-bond acceptors (Lipinski definition) is 6. The minimum absolute atomic E-state index is 0.0663. The Kier molecular flexibility index (Phi) is 5.07. The molecule has 1 atom stereocenters. The highest BCUT2D eigenvalue weighted by atomic mass is 32.1. The van der Waals surface area contributed by atoms with Crippen LogP contribution in [0.15, 0.2) is 24.7 Å². The molecule has 22 heavy (non-hydrogen) atoms. The van der Waals surface area contributed by atoms with Gasteiger partial charge in [0.05, 0.1) is 6.20 Å². The summed E-state index contributed by atoms with van der Waals surface area (Å²) in [5.41, 5.74) is 0. The van der Waals surface area contributed by atoms with Crippen LogP contribution < -0.4 is 10.6 Å². The summed E-state index contributed by atoms with van der Waals surface area (Å²) in [6.45, 7) is 2.89. The molecule has 0 aromatic carbocycles. The number of amides is 1. The van der Waals surface area contributed by atoms with E-state index in [-0.39, 0.29) is 5.91 Å². The summed E-state index contributed by atoms with van der Waals surface area (Å²) in [6, 6.07) is 1.75. The Morgan fingerprint density at radius 1 is 1.36 bits per heavy atom. The number of nitrogens with one attached hydrogen (secondary N) is 2. The first-order valence-corrected chi connectivity index (χ1v) is 8.37. The van der Waals surface area contributed by atoms with E-state index in [9.17, 15) is 4.79 Å². The van der Waals surface area contributed by atoms with Crippen molar-refractivity contribution >= 4 is 17.2 Å². The average Bonchev–Trinajstić information content (AvgIpc) is 3.07. The molecular weight excluding hydrogens is 298 g/mol. The Balaban J connectivity index is 1.51. The molecule has 0 spiro atoms. The molecule has 2 aromatic rings. The summed E-state index contributed by atoms with van der Waals surface area (Å²) < 4.78 is 0. The van der Waals surface area contributed by atoms with Crippen molar-refractivity contribution in [1.82, 2.24) is 25.6 Å². The summed E-state index contributed by atoms with van der Waals surface area (Å²) in [4.78, 5) is 25.2. The summed E-state index contributed by atoms with van der Waals surface area (Å²) in [5.74, 6) is 1.16. The summed E-state index contributed by atoms with van der Waals surface area (Å²) in [6.07, 6.45) is 8.43. The van der Waals surface area contributed by atoms with Gasteiger partial charge in [-0.15, -0.1) is 11.3 Å². The van der Waals surface area contributed by atoms with E-state index in [2.05, 4.69) is 25.6 Å². The van der Waals surface area contributed by atoms with Crippen LogP contribution in [-0.4, -0.2) is 40.5 Å². The lowest BCUT2D eigenvalue weighted by atomic mass is 9.96. The fourth-order valence-electron chi connectivity index (χ4n) is 2.54. The van der Waals surface area contributed by atoms with Crippen molar-refractivity contribution < 1.29 is 4.79 Å². The smallest absolute Gasteiger partial charge is 0.263 e. The van der Waals surface area contributed by atoms with Gasteiger partial charge in [0.2, 0.25) is 0 Å². The molecule has 0 radical (unpaired) electrons. The average molecular weight is 317 g/mol. The third-order valence-corrected chi connectivity index (χ3v) is 4.72. The number of aromatic nitrogens is 3. The molecule has 0 saturated carbocycles. The predicted octanol–water partition coefficient (Wildman–Crippen LogP) is 1.72. The van der Waals surface area contributed by atoms with Crippen molar-refractivity contribution in [2.75, 3.05) is 19.6 Å². The van der Waals surface area contributed by atoms with Crippen molar-refractivity contribution in [1.29, 1.82) is 0 Å². The van der Waals surface area contributed by atoms with Gasteiger partial charge in [-0.05, 0) is 44.3 Å². The van der Waals surface area contributed by atoms with Crippen LogP contribution in [-0.2, 0) is 0 Å². The van der Waals surface area contributed by atoms with Crippen LogP contribution in [0.25, 0.3) is 10.8 Å². The number of nitrogens with zero attached hydrogens (tertiary/aromatic N) is 3. The molecule has 0 bridgehead atoms. The standard InChI is InChI=1S/C15H19N5OS/c21-14(19-8-4-11-3-1-5-16-9-11)12-10-20-15(22-12)13-17-6-2-7-18-13/h2,6-7,10-11,16H,1,3-5,8-9H2,(H,19,21). The Morgan fingerprint density at radius 2 is 2.23 bits per heavy atom. The molecule has 1 fully saturated rings. The van der Waals surface area contributed by atoms with Gasteiger partial charge in [-0.1, -0.05) is 0 Å². The molecule has 1 aliphatic rings. The number of hydrogen-bond donors (Lipinski definition) is 2. The van der Waals surface area contributed by atoms with E-state index in [1.165, 1.54) is 24.2 Å². The second-order valence-electron chi connectivity index (χ2n) is 5.36. The molecule has 3 heterocycles. The Morgan fingerprint density at radius 3 is 3.00 bits per heavy atom. The van der Waals surface area contributed by atoms with Crippen LogP contribution in [0.1, 0.15) is 28.9 Å². The monoisotopic (exact) mass is 317 g/mol. The lowest BCUT2D eigenvalue weighted by molar-refractivity contribution is 0.0954. The lowest BCUT2D eigenvalue weighted by Crippen LogP contribution is -2.33. The number of carbonyl (C=O) groups is 1. The molecule has 2 N–H and O–H groups in total. The molecular formula is C15H19N5OS. The molecule has 1 aliphatic heterocycles. The first-order valence-electron chi connectivity index (χ1n) is 7.55. The minimum Gasteiger partial charge on any atom is -0.351 e. The summed E-state index contributed by atoms with van der Waals surface area (Å²) in [5, 5.41) is 7.03. The number of thiazole rings is 1. The lowest BCUT2D eigenvalue weighted by Gasteiger charge is -2.22. The van der Waals surface area contributed by atoms with Gasteiger partial charge in [-0.2, -0.15) is 0 Å². The Hall–Kier alpha value is -1.86. The third kappa shape index (κ3) is 3.86. The van der Waals surface area contributed by atoms with Crippen molar-refractivity contribution in [3.05, 3.63) is 29.5 Å². The quantitative estimate of drug-likeness (QED) is 0.878. The fraction of sp³-hybridized carbons (Fsp3) is 0.467. The molecule has 6 nitrogen and oxygen atoms in total. The highest BCUT2D eigenvalue weighted by Gasteiger charge is 2.15. The van der Waals surface area contributed by atoms with E-state index < -0.39 is 0 Å².